The number of rotatable bonds is 11. The van der Waals surface area contributed by atoms with Gasteiger partial charge in [0.25, 0.3) is 5.91 Å². The Labute approximate surface area is 232 Å². The first-order valence-electron chi connectivity index (χ1n) is 10.8. The van der Waals surface area contributed by atoms with Crippen LogP contribution in [-0.4, -0.2) is 85.5 Å². The molecule has 1 amide bonds. The normalized spacial score (nSPS) is 13.5. The van der Waals surface area contributed by atoms with E-state index in [0.29, 0.717) is 17.7 Å². The van der Waals surface area contributed by atoms with E-state index in [4.69, 9.17) is 43.5 Å². The number of halogens is 3. The van der Waals surface area contributed by atoms with Gasteiger partial charge in [-0.3, -0.25) is 9.36 Å². The third-order valence-corrected chi connectivity index (χ3v) is 6.93. The zero-order chi connectivity index (χ0) is 29.4. The number of nitrogens with two attached hydrogens (primary N) is 1. The number of alkyl halides is 3. The van der Waals surface area contributed by atoms with Crippen molar-refractivity contribution in [2.45, 2.75) is 28.4 Å². The average Bonchev–Trinajstić information content (AvgIpc) is 3.28. The van der Waals surface area contributed by atoms with Gasteiger partial charge in [0, 0.05) is 12.8 Å². The summed E-state index contributed by atoms with van der Waals surface area (Å²) in [6, 6.07) is 4.03. The molecule has 1 aromatic carbocycles. The van der Waals surface area contributed by atoms with Crippen molar-refractivity contribution in [1.29, 1.82) is 0 Å². The number of benzene rings is 1. The highest BCUT2D eigenvalue weighted by Crippen LogP contribution is 2.33. The van der Waals surface area contributed by atoms with Gasteiger partial charge in [-0.25, -0.2) is 27.8 Å². The lowest BCUT2D eigenvalue weighted by Crippen LogP contribution is -2.43. The van der Waals surface area contributed by atoms with Crippen LogP contribution in [0, 0.1) is 0 Å². The van der Waals surface area contributed by atoms with Crippen molar-refractivity contribution < 1.29 is 41.8 Å². The molecule has 0 aliphatic rings. The van der Waals surface area contributed by atoms with Crippen LogP contribution in [-0.2, 0) is 30.5 Å². The van der Waals surface area contributed by atoms with Crippen LogP contribution in [0.4, 0.5) is 10.2 Å². The average molecular weight is 631 g/mol. The molecule has 14 nitrogen and oxygen atoms in total. The molecule has 0 aliphatic carbocycles. The molecule has 2 aromatic heterocycles. The van der Waals surface area contributed by atoms with Crippen LogP contribution in [0.1, 0.15) is 11.7 Å². The topological polar surface area (TPSA) is 220 Å². The number of hydrogen-bond donors (Lipinski definition) is 5. The van der Waals surface area contributed by atoms with Gasteiger partial charge >= 0.3 is 7.60 Å². The van der Waals surface area contributed by atoms with Gasteiger partial charge in [0.2, 0.25) is 0 Å². The molecule has 0 bridgehead atoms. The summed E-state index contributed by atoms with van der Waals surface area (Å²) in [6.07, 6.45) is 1.93. The number of fused-ring (bicyclic) bond motifs is 1. The standard InChI is InChI=1S/C12H14Cl2FNO4S.C8H12N5O4P/c1-21(19,20)8-4-2-7(3-5-8)10(17)9(6-15)16-12(18)11(13)14;9-7-6-8(11-3-10-7)13(4-12-6)1-2-17-5-18(14,15)16/h2-5,9-11,17H,6H2,1H3,(H,16,18);3-4H,1-2,5H2,(H2,9,10,11)(H2,14,15,16)/t9-,10-;/m1./s1. The molecule has 0 unspecified atom stereocenters. The Bertz CT molecular complexity index is 1410. The Morgan fingerprint density at radius 3 is 2.41 bits per heavy atom. The van der Waals surface area contributed by atoms with Crippen LogP contribution in [0.15, 0.2) is 41.8 Å². The SMILES string of the molecule is CS(=O)(=O)c1ccc([C@@H](O)[C@@H](CF)NC(=O)C(Cl)Cl)cc1.Nc1ncnc2c1ncn2CCOCP(=O)(O)O. The van der Waals surface area contributed by atoms with Gasteiger partial charge in [-0.1, -0.05) is 35.3 Å². The summed E-state index contributed by atoms with van der Waals surface area (Å²) in [6.45, 7) is -0.533. The third-order valence-electron chi connectivity index (χ3n) is 4.89. The maximum atomic E-state index is 12.9. The largest absolute Gasteiger partial charge is 0.386 e. The highest BCUT2D eigenvalue weighted by atomic mass is 35.5. The summed E-state index contributed by atoms with van der Waals surface area (Å²) in [7, 11) is -7.48. The number of sulfone groups is 1. The van der Waals surface area contributed by atoms with E-state index in [0.717, 1.165) is 6.26 Å². The van der Waals surface area contributed by atoms with E-state index in [-0.39, 0.29) is 22.9 Å². The van der Waals surface area contributed by atoms with Gasteiger partial charge in [0.1, 0.15) is 31.0 Å². The molecule has 0 saturated carbocycles. The minimum atomic E-state index is -4.12. The van der Waals surface area contributed by atoms with Crippen LogP contribution < -0.4 is 11.1 Å². The molecule has 39 heavy (non-hydrogen) atoms. The molecule has 2 atom stereocenters. The lowest BCUT2D eigenvalue weighted by Gasteiger charge is -2.22. The lowest BCUT2D eigenvalue weighted by atomic mass is 10.0. The van der Waals surface area contributed by atoms with E-state index in [1.54, 1.807) is 4.57 Å². The third kappa shape index (κ3) is 10.2. The molecule has 3 aromatic rings. The van der Waals surface area contributed by atoms with Crippen molar-refractivity contribution in [3.8, 4) is 0 Å². The predicted octanol–water partition coefficient (Wildman–Crippen LogP) is 0.942. The second-order valence-corrected chi connectivity index (χ2v) is 12.6. The molecule has 216 valence electrons. The lowest BCUT2D eigenvalue weighted by molar-refractivity contribution is -0.121. The molecule has 19 heteroatoms. The number of aromatic nitrogens is 4. The fourth-order valence-corrected chi connectivity index (χ4v) is 4.12. The number of hydrogen-bond acceptors (Lipinski definition) is 10. The number of amides is 1. The maximum absolute atomic E-state index is 12.9. The first-order chi connectivity index (χ1) is 18.1. The molecule has 0 radical (unpaired) electrons. The van der Waals surface area contributed by atoms with Crippen LogP contribution in [0.5, 0.6) is 0 Å². The maximum Gasteiger partial charge on any atom is 0.350 e. The van der Waals surface area contributed by atoms with Gasteiger partial charge in [-0.2, -0.15) is 0 Å². The Hall–Kier alpha value is -2.43. The van der Waals surface area contributed by atoms with Gasteiger partial charge < -0.3 is 35.2 Å². The zero-order valence-electron chi connectivity index (χ0n) is 20.3. The Kier molecular flexibility index (Phi) is 12.0. The van der Waals surface area contributed by atoms with Crippen molar-refractivity contribution in [1.82, 2.24) is 24.8 Å². The number of nitrogens with one attached hydrogen (secondary N) is 1. The van der Waals surface area contributed by atoms with E-state index in [1.165, 1.54) is 36.9 Å². The van der Waals surface area contributed by atoms with E-state index < -0.39 is 53.3 Å². The van der Waals surface area contributed by atoms with Crippen LogP contribution in [0.3, 0.4) is 0 Å². The minimum Gasteiger partial charge on any atom is -0.386 e. The number of aliphatic hydroxyl groups is 1. The first-order valence-corrected chi connectivity index (χ1v) is 15.4. The number of ether oxygens (including phenoxy) is 1. The van der Waals surface area contributed by atoms with Crippen LogP contribution >= 0.6 is 30.8 Å². The fraction of sp³-hybridized carbons (Fsp3) is 0.400. The van der Waals surface area contributed by atoms with Crippen LogP contribution in [0.2, 0.25) is 0 Å². The van der Waals surface area contributed by atoms with E-state index in [9.17, 15) is 27.3 Å². The van der Waals surface area contributed by atoms with Gasteiger partial charge in [0.05, 0.1) is 23.9 Å². The highest BCUT2D eigenvalue weighted by molar-refractivity contribution is 7.90. The molecule has 0 saturated heterocycles. The van der Waals surface area contributed by atoms with E-state index >= 15 is 0 Å². The van der Waals surface area contributed by atoms with Crippen molar-refractivity contribution in [3.63, 3.8) is 0 Å². The summed E-state index contributed by atoms with van der Waals surface area (Å²) in [5, 5.41) is 12.2. The summed E-state index contributed by atoms with van der Waals surface area (Å²) in [4.78, 5) is 39.1. The number of nitrogen functional groups attached to an aromatic ring is 1. The summed E-state index contributed by atoms with van der Waals surface area (Å²) in [5.41, 5.74) is 6.93. The fourth-order valence-electron chi connectivity index (χ4n) is 3.00. The molecule has 0 fully saturated rings. The van der Waals surface area contributed by atoms with Crippen molar-refractivity contribution in [3.05, 3.63) is 42.5 Å². The first kappa shape index (κ1) is 32.8. The number of imidazole rings is 1. The Balaban J connectivity index is 0.000000276. The minimum absolute atomic E-state index is 0.0702. The van der Waals surface area contributed by atoms with Gasteiger partial charge in [0.15, 0.2) is 26.1 Å². The number of aliphatic hydroxyl groups excluding tert-OH is 1. The van der Waals surface area contributed by atoms with E-state index in [2.05, 4.69) is 20.3 Å². The molecule has 6 N–H and O–H groups in total. The number of nitrogens with zero attached hydrogens (tertiary/aromatic N) is 4. The highest BCUT2D eigenvalue weighted by Gasteiger charge is 2.25. The number of carbonyl (C=O) groups excluding carboxylic acids is 1. The molecule has 2 heterocycles. The summed E-state index contributed by atoms with van der Waals surface area (Å²) >= 11 is 10.7. The van der Waals surface area contributed by atoms with E-state index in [1.807, 2.05) is 0 Å². The van der Waals surface area contributed by atoms with Crippen molar-refractivity contribution >= 4 is 63.5 Å². The van der Waals surface area contributed by atoms with Crippen molar-refractivity contribution in [2.75, 3.05) is 31.6 Å². The predicted molar refractivity (Wildman–Crippen MR) is 141 cm³/mol. The van der Waals surface area contributed by atoms with Gasteiger partial charge in [-0.05, 0) is 17.7 Å². The summed E-state index contributed by atoms with van der Waals surface area (Å²) in [5.74, 6) is -0.539. The smallest absolute Gasteiger partial charge is 0.350 e. The van der Waals surface area contributed by atoms with Gasteiger partial charge in [-0.15, -0.1) is 0 Å². The van der Waals surface area contributed by atoms with Crippen LogP contribution in [0.25, 0.3) is 11.2 Å². The number of carbonyl (C=O) groups is 1. The van der Waals surface area contributed by atoms with Crippen molar-refractivity contribution in [2.24, 2.45) is 0 Å². The second-order valence-electron chi connectivity index (χ2n) is 7.93. The number of anilines is 1. The molecule has 3 rings (SSSR count). The zero-order valence-corrected chi connectivity index (χ0v) is 23.5. The molecular formula is C20H26Cl2FN6O8PS. The Morgan fingerprint density at radius 1 is 1.23 bits per heavy atom. The Morgan fingerprint density at radius 2 is 1.87 bits per heavy atom. The molecule has 0 spiro atoms. The molecule has 0 aliphatic heterocycles. The second kappa shape index (κ2) is 14.3. The summed E-state index contributed by atoms with van der Waals surface area (Å²) < 4.78 is 52.7. The monoisotopic (exact) mass is 630 g/mol. The quantitative estimate of drug-likeness (QED) is 0.113. The molecular weight excluding hydrogens is 605 g/mol.